The van der Waals surface area contributed by atoms with Crippen LogP contribution in [0.3, 0.4) is 0 Å². The fourth-order valence-corrected chi connectivity index (χ4v) is 2.59. The van der Waals surface area contributed by atoms with Gasteiger partial charge in [-0.2, -0.15) is 0 Å². The number of hydrogen-bond acceptors (Lipinski definition) is 4. The largest absolute Gasteiger partial charge is 0.367 e. The van der Waals surface area contributed by atoms with Crippen molar-refractivity contribution in [1.29, 1.82) is 0 Å². The number of nitrogens with one attached hydrogen (secondary N) is 1. The van der Waals surface area contributed by atoms with E-state index in [0.717, 1.165) is 34.0 Å². The summed E-state index contributed by atoms with van der Waals surface area (Å²) >= 11 is 0. The van der Waals surface area contributed by atoms with E-state index in [0.29, 0.717) is 6.04 Å². The molecule has 0 bridgehead atoms. The zero-order valence-electron chi connectivity index (χ0n) is 13.0. The molecular formula is C19H18N4. The third-order valence-electron chi connectivity index (χ3n) is 3.91. The molecule has 0 saturated heterocycles. The second kappa shape index (κ2) is 5.80. The molecule has 1 aliphatic rings. The monoisotopic (exact) mass is 302 g/mol. The topological polar surface area (TPSA) is 50.7 Å². The maximum Gasteiger partial charge on any atom is 0.130 e. The third-order valence-corrected chi connectivity index (χ3v) is 3.91. The van der Waals surface area contributed by atoms with Gasteiger partial charge in [-0.3, -0.25) is 4.98 Å². The molecule has 2 aromatic heterocycles. The van der Waals surface area contributed by atoms with Crippen LogP contribution < -0.4 is 5.32 Å². The quantitative estimate of drug-likeness (QED) is 0.788. The van der Waals surface area contributed by atoms with E-state index in [-0.39, 0.29) is 0 Å². The molecular weight excluding hydrogens is 284 g/mol. The molecule has 0 unspecified atom stereocenters. The van der Waals surface area contributed by atoms with Crippen molar-refractivity contribution in [2.75, 3.05) is 5.32 Å². The van der Waals surface area contributed by atoms with Gasteiger partial charge in [-0.15, -0.1) is 0 Å². The Hall–Kier alpha value is -2.75. The minimum absolute atomic E-state index is 0.575. The van der Waals surface area contributed by atoms with Crippen molar-refractivity contribution in [2.45, 2.75) is 25.8 Å². The highest BCUT2D eigenvalue weighted by Crippen LogP contribution is 2.28. The Kier molecular flexibility index (Phi) is 3.50. The lowest BCUT2D eigenvalue weighted by Crippen LogP contribution is -2.05. The molecule has 1 fully saturated rings. The molecule has 114 valence electrons. The van der Waals surface area contributed by atoms with E-state index in [4.69, 9.17) is 0 Å². The molecule has 2 heterocycles. The maximum atomic E-state index is 4.58. The van der Waals surface area contributed by atoms with Crippen molar-refractivity contribution in [3.05, 3.63) is 60.7 Å². The van der Waals surface area contributed by atoms with Gasteiger partial charge < -0.3 is 5.32 Å². The zero-order chi connectivity index (χ0) is 15.6. The van der Waals surface area contributed by atoms with Crippen molar-refractivity contribution >= 4 is 5.82 Å². The van der Waals surface area contributed by atoms with Crippen molar-refractivity contribution in [3.8, 4) is 22.4 Å². The van der Waals surface area contributed by atoms with Crippen LogP contribution in [0.4, 0.5) is 5.82 Å². The molecule has 1 aromatic carbocycles. The summed E-state index contributed by atoms with van der Waals surface area (Å²) in [7, 11) is 0. The van der Waals surface area contributed by atoms with Gasteiger partial charge in [0.2, 0.25) is 0 Å². The summed E-state index contributed by atoms with van der Waals surface area (Å²) in [5, 5.41) is 3.44. The number of nitrogens with zero attached hydrogens (tertiary/aromatic N) is 3. The molecule has 0 amide bonds. The summed E-state index contributed by atoms with van der Waals surface area (Å²) in [5.41, 5.74) is 4.17. The fraction of sp³-hybridized carbons (Fsp3) is 0.211. The first-order valence-electron chi connectivity index (χ1n) is 7.91. The van der Waals surface area contributed by atoms with E-state index < -0.39 is 0 Å². The predicted octanol–water partition coefficient (Wildman–Crippen LogP) is 4.09. The van der Waals surface area contributed by atoms with Gasteiger partial charge in [0.25, 0.3) is 0 Å². The summed E-state index contributed by atoms with van der Waals surface area (Å²) in [5.74, 6) is 1.68. The van der Waals surface area contributed by atoms with Gasteiger partial charge in [0, 0.05) is 35.6 Å². The van der Waals surface area contributed by atoms with Gasteiger partial charge in [0.05, 0.1) is 5.69 Å². The van der Waals surface area contributed by atoms with Gasteiger partial charge in [0.15, 0.2) is 0 Å². The number of pyridine rings is 1. The number of benzene rings is 1. The summed E-state index contributed by atoms with van der Waals surface area (Å²) in [6.45, 7) is 1.93. The highest BCUT2D eigenvalue weighted by molar-refractivity contribution is 5.71. The summed E-state index contributed by atoms with van der Waals surface area (Å²) in [4.78, 5) is 13.4. The first kappa shape index (κ1) is 13.9. The van der Waals surface area contributed by atoms with E-state index >= 15 is 0 Å². The summed E-state index contributed by atoms with van der Waals surface area (Å²) in [6.07, 6.45) is 6.19. The SMILES string of the molecule is Cc1nc(NC2CC2)cc(-c2cncc(-c3ccccc3)c2)n1. The van der Waals surface area contributed by atoms with Crippen LogP contribution in [-0.2, 0) is 0 Å². The molecule has 4 heteroatoms. The third kappa shape index (κ3) is 3.21. The van der Waals surface area contributed by atoms with Crippen molar-refractivity contribution in [3.63, 3.8) is 0 Å². The molecule has 0 spiro atoms. The van der Waals surface area contributed by atoms with Crippen LogP contribution in [-0.4, -0.2) is 21.0 Å². The highest BCUT2D eigenvalue weighted by atomic mass is 15.1. The van der Waals surface area contributed by atoms with Gasteiger partial charge in [0.1, 0.15) is 11.6 Å². The Labute approximate surface area is 135 Å². The molecule has 3 aromatic rings. The lowest BCUT2D eigenvalue weighted by molar-refractivity contribution is 1.02. The number of aromatic nitrogens is 3. The number of rotatable bonds is 4. The van der Waals surface area contributed by atoms with Crippen LogP contribution >= 0.6 is 0 Å². The number of anilines is 1. The highest BCUT2D eigenvalue weighted by Gasteiger charge is 2.21. The number of aryl methyl sites for hydroxylation is 1. The van der Waals surface area contributed by atoms with Crippen molar-refractivity contribution < 1.29 is 0 Å². The lowest BCUT2D eigenvalue weighted by Gasteiger charge is -2.09. The van der Waals surface area contributed by atoms with E-state index in [1.807, 2.05) is 43.6 Å². The van der Waals surface area contributed by atoms with E-state index in [1.165, 1.54) is 12.8 Å². The van der Waals surface area contributed by atoms with E-state index in [2.05, 4.69) is 38.5 Å². The maximum absolute atomic E-state index is 4.58. The second-order valence-electron chi connectivity index (χ2n) is 5.93. The van der Waals surface area contributed by atoms with Crippen LogP contribution in [0.1, 0.15) is 18.7 Å². The van der Waals surface area contributed by atoms with Crippen LogP contribution in [0.5, 0.6) is 0 Å². The van der Waals surface area contributed by atoms with Crippen LogP contribution in [0.25, 0.3) is 22.4 Å². The molecule has 0 aliphatic heterocycles. The Balaban J connectivity index is 1.71. The lowest BCUT2D eigenvalue weighted by atomic mass is 10.0. The van der Waals surface area contributed by atoms with Crippen LogP contribution in [0.15, 0.2) is 54.9 Å². The summed E-state index contributed by atoms with van der Waals surface area (Å²) in [6, 6.07) is 15.0. The van der Waals surface area contributed by atoms with E-state index in [9.17, 15) is 0 Å². The molecule has 0 radical (unpaired) electrons. The van der Waals surface area contributed by atoms with Gasteiger partial charge in [-0.1, -0.05) is 30.3 Å². The second-order valence-corrected chi connectivity index (χ2v) is 5.93. The molecule has 1 aliphatic carbocycles. The molecule has 1 saturated carbocycles. The minimum Gasteiger partial charge on any atom is -0.367 e. The normalized spacial score (nSPS) is 13.8. The zero-order valence-corrected chi connectivity index (χ0v) is 13.0. The first-order valence-corrected chi connectivity index (χ1v) is 7.91. The Morgan fingerprint density at radius 1 is 0.913 bits per heavy atom. The first-order chi connectivity index (χ1) is 11.3. The van der Waals surface area contributed by atoms with Crippen molar-refractivity contribution in [2.24, 2.45) is 0 Å². The molecule has 23 heavy (non-hydrogen) atoms. The molecule has 4 nitrogen and oxygen atoms in total. The van der Waals surface area contributed by atoms with Crippen LogP contribution in [0.2, 0.25) is 0 Å². The molecule has 4 rings (SSSR count). The van der Waals surface area contributed by atoms with Gasteiger partial charge >= 0.3 is 0 Å². The fourth-order valence-electron chi connectivity index (χ4n) is 2.59. The average molecular weight is 302 g/mol. The minimum atomic E-state index is 0.575. The summed E-state index contributed by atoms with van der Waals surface area (Å²) < 4.78 is 0. The Morgan fingerprint density at radius 2 is 1.70 bits per heavy atom. The Morgan fingerprint density at radius 3 is 2.48 bits per heavy atom. The predicted molar refractivity (Wildman–Crippen MR) is 92.1 cm³/mol. The number of hydrogen-bond donors (Lipinski definition) is 1. The smallest absolute Gasteiger partial charge is 0.130 e. The van der Waals surface area contributed by atoms with Gasteiger partial charge in [-0.05, 0) is 31.4 Å². The van der Waals surface area contributed by atoms with Crippen LogP contribution in [0, 0.1) is 6.92 Å². The Bertz CT molecular complexity index is 826. The average Bonchev–Trinajstić information content (AvgIpc) is 3.39. The van der Waals surface area contributed by atoms with E-state index in [1.54, 1.807) is 0 Å². The molecule has 1 N–H and O–H groups in total. The standard InChI is InChI=1S/C19H18N4/c1-13-21-18(10-19(22-13)23-17-7-8-17)16-9-15(11-20-12-16)14-5-3-2-4-6-14/h2-6,9-12,17H,7-8H2,1H3,(H,21,22,23). The van der Waals surface area contributed by atoms with Crippen molar-refractivity contribution in [1.82, 2.24) is 15.0 Å². The molecule has 0 atom stereocenters. The van der Waals surface area contributed by atoms with Gasteiger partial charge in [-0.25, -0.2) is 9.97 Å².